The van der Waals surface area contributed by atoms with Crippen molar-refractivity contribution >= 4 is 86.3 Å². The minimum absolute atomic E-state index is 0. The molecular weight excluding hydrogens is 728 g/mol. The van der Waals surface area contributed by atoms with Gasteiger partial charge in [-0.05, 0) is 61.1 Å². The Balaban J connectivity index is 0.000000289. The largest absolute Gasteiger partial charge is 1.00 e. The van der Waals surface area contributed by atoms with E-state index < -0.39 is 43.5 Å². The molecule has 16 heteroatoms. The van der Waals surface area contributed by atoms with Gasteiger partial charge in [0.25, 0.3) is 31.9 Å². The van der Waals surface area contributed by atoms with Crippen LogP contribution in [0.1, 0.15) is 20.7 Å². The fourth-order valence-corrected chi connectivity index (χ4v) is 5.97. The number of nitrogens with one attached hydrogen (secondary N) is 1. The Morgan fingerprint density at radius 3 is 1.81 bits per heavy atom. The third-order valence-electron chi connectivity index (χ3n) is 3.96. The van der Waals surface area contributed by atoms with E-state index in [-0.39, 0.29) is 59.4 Å². The van der Waals surface area contributed by atoms with Gasteiger partial charge in [0.2, 0.25) is 0 Å². The van der Waals surface area contributed by atoms with Gasteiger partial charge in [0.1, 0.15) is 21.4 Å². The maximum atomic E-state index is 13.1. The third-order valence-corrected chi connectivity index (χ3v) is 8.33. The van der Waals surface area contributed by atoms with Crippen LogP contribution in [0.4, 0.5) is 8.78 Å². The molecule has 0 aliphatic carbocycles. The van der Waals surface area contributed by atoms with Gasteiger partial charge < -0.3 is 0 Å². The number of halogens is 5. The molecule has 0 radical (unpaired) electrons. The number of nitrogens with zero attached hydrogens (tertiary/aromatic N) is 1. The van der Waals surface area contributed by atoms with Crippen molar-refractivity contribution in [3.8, 4) is 0 Å². The van der Waals surface area contributed by atoms with Crippen LogP contribution in [0.2, 0.25) is 0 Å². The first kappa shape index (κ1) is 29.9. The normalized spacial score (nSPS) is 16.4. The second-order valence-corrected chi connectivity index (χ2v) is 11.0. The molecular formula is C16H11Br2F2IN2NaO6S2+. The Bertz CT molecular complexity index is 1330. The Labute approximate surface area is 235 Å². The van der Waals surface area contributed by atoms with Crippen molar-refractivity contribution in [1.82, 2.24) is 9.03 Å². The molecule has 2 aromatic rings. The van der Waals surface area contributed by atoms with E-state index in [2.05, 4.69) is 54.5 Å². The van der Waals surface area contributed by atoms with Crippen LogP contribution < -0.4 is 34.3 Å². The Morgan fingerprint density at radius 2 is 1.31 bits per heavy atom. The predicted octanol–water partition coefficient (Wildman–Crippen LogP) is 0.438. The number of alkyl halides is 1. The van der Waals surface area contributed by atoms with E-state index >= 15 is 0 Å². The minimum atomic E-state index is -3.79. The van der Waals surface area contributed by atoms with Gasteiger partial charge in [-0.1, -0.05) is 22.6 Å². The number of amides is 2. The molecule has 1 N–H and O–H groups in total. The van der Waals surface area contributed by atoms with E-state index in [4.69, 9.17) is 0 Å². The molecule has 2 amide bonds. The van der Waals surface area contributed by atoms with E-state index in [0.29, 0.717) is 4.31 Å². The standard InChI is InChI=1S/C8H5BrFNO3S.C7H3BrFNO3S.CH3I.Na/c1-11-8(12)4-2-6(10)5(9)3-7(4)15(11,13)14;8-4-2-6-3(1-5(4)9)7(11)10-14(6,12)13;1-2;/h2-3H,1H3;1-2H,(H,10,11);1H3;/q;;;+1. The van der Waals surface area contributed by atoms with Crippen molar-refractivity contribution in [1.29, 1.82) is 0 Å². The van der Waals surface area contributed by atoms with Crippen LogP contribution in [0.5, 0.6) is 0 Å². The zero-order valence-electron chi connectivity index (χ0n) is 16.4. The summed E-state index contributed by atoms with van der Waals surface area (Å²) in [6.07, 6.45) is 0. The van der Waals surface area contributed by atoms with E-state index in [1.54, 1.807) is 4.72 Å². The molecule has 0 aromatic heterocycles. The van der Waals surface area contributed by atoms with Crippen LogP contribution in [0.25, 0.3) is 0 Å². The molecule has 0 unspecified atom stereocenters. The summed E-state index contributed by atoms with van der Waals surface area (Å²) in [5, 5.41) is 0. The Kier molecular flexibility index (Phi) is 10.3. The second-order valence-electron chi connectivity index (χ2n) is 5.74. The number of sulfonamides is 2. The van der Waals surface area contributed by atoms with Crippen molar-refractivity contribution in [3.05, 3.63) is 56.0 Å². The summed E-state index contributed by atoms with van der Waals surface area (Å²) in [6.45, 7) is 0. The summed E-state index contributed by atoms with van der Waals surface area (Å²) >= 11 is 7.86. The van der Waals surface area contributed by atoms with Crippen LogP contribution >= 0.6 is 54.5 Å². The molecule has 2 aliphatic heterocycles. The third kappa shape index (κ3) is 5.55. The smallest absolute Gasteiger partial charge is 0.268 e. The summed E-state index contributed by atoms with van der Waals surface area (Å²) in [5.41, 5.74) is -0.288. The summed E-state index contributed by atoms with van der Waals surface area (Å²) in [5.74, 6) is -2.84. The SMILES string of the molecule is CI.CN1C(=O)c2cc(F)c(Br)cc2S1(=O)=O.O=C1NS(=O)(=O)c2cc(Br)c(F)cc21.[Na+]. The first-order valence-corrected chi connectivity index (χ1v) is 14.4. The summed E-state index contributed by atoms with van der Waals surface area (Å²) in [4.78, 5) is 24.1. The van der Waals surface area contributed by atoms with Crippen LogP contribution in [0.15, 0.2) is 43.0 Å². The van der Waals surface area contributed by atoms with Gasteiger partial charge in [0.05, 0.1) is 20.1 Å². The van der Waals surface area contributed by atoms with Gasteiger partial charge in [0, 0.05) is 7.05 Å². The molecule has 0 fully saturated rings. The summed E-state index contributed by atoms with van der Waals surface area (Å²) in [6, 6.07) is 3.97. The Morgan fingerprint density at radius 1 is 0.875 bits per heavy atom. The fraction of sp³-hybridized carbons (Fsp3) is 0.125. The molecule has 0 atom stereocenters. The van der Waals surface area contributed by atoms with Gasteiger partial charge in [-0.15, -0.1) is 0 Å². The average Bonchev–Trinajstić information content (AvgIpc) is 3.01. The van der Waals surface area contributed by atoms with Gasteiger partial charge in [0.15, 0.2) is 0 Å². The predicted molar refractivity (Wildman–Crippen MR) is 122 cm³/mol. The zero-order valence-corrected chi connectivity index (χ0v) is 25.4. The summed E-state index contributed by atoms with van der Waals surface area (Å²) in [7, 11) is -6.43. The topological polar surface area (TPSA) is 118 Å². The van der Waals surface area contributed by atoms with Gasteiger partial charge in [-0.25, -0.2) is 34.6 Å². The molecule has 168 valence electrons. The number of fused-ring (bicyclic) bond motifs is 2. The second kappa shape index (κ2) is 11.0. The molecule has 0 saturated heterocycles. The Hall–Kier alpha value is -0.170. The molecule has 32 heavy (non-hydrogen) atoms. The molecule has 4 rings (SSSR count). The average molecular weight is 739 g/mol. The quantitative estimate of drug-likeness (QED) is 0.238. The fourth-order valence-electron chi connectivity index (χ4n) is 2.50. The number of rotatable bonds is 0. The molecule has 2 heterocycles. The van der Waals surface area contributed by atoms with E-state index in [1.165, 1.54) is 0 Å². The van der Waals surface area contributed by atoms with Crippen LogP contribution in [-0.2, 0) is 20.0 Å². The number of hydrogen-bond acceptors (Lipinski definition) is 6. The van der Waals surface area contributed by atoms with Gasteiger partial charge in [-0.3, -0.25) is 9.59 Å². The maximum Gasteiger partial charge on any atom is 1.00 e. The number of carbonyl (C=O) groups is 2. The number of carbonyl (C=O) groups excluding carboxylic acids is 2. The minimum Gasteiger partial charge on any atom is -0.268 e. The molecule has 0 bridgehead atoms. The monoisotopic (exact) mass is 737 g/mol. The first-order valence-electron chi connectivity index (χ1n) is 7.73. The van der Waals surface area contributed by atoms with Crippen LogP contribution in [0, 0.1) is 11.6 Å². The van der Waals surface area contributed by atoms with Crippen molar-refractivity contribution in [2.75, 3.05) is 12.0 Å². The molecule has 0 saturated carbocycles. The van der Waals surface area contributed by atoms with Crippen LogP contribution in [-0.4, -0.2) is 44.9 Å². The van der Waals surface area contributed by atoms with Crippen molar-refractivity contribution < 1.29 is 64.8 Å². The maximum absolute atomic E-state index is 13.1. The summed E-state index contributed by atoms with van der Waals surface area (Å²) < 4.78 is 74.2. The van der Waals surface area contributed by atoms with E-state index in [9.17, 15) is 35.2 Å². The van der Waals surface area contributed by atoms with E-state index in [0.717, 1.165) is 31.3 Å². The van der Waals surface area contributed by atoms with Gasteiger partial charge in [-0.2, -0.15) is 0 Å². The van der Waals surface area contributed by atoms with Crippen LogP contribution in [0.3, 0.4) is 0 Å². The molecule has 2 aromatic carbocycles. The van der Waals surface area contributed by atoms with Crippen molar-refractivity contribution in [2.24, 2.45) is 0 Å². The molecule has 8 nitrogen and oxygen atoms in total. The first-order chi connectivity index (χ1) is 14.3. The molecule has 0 spiro atoms. The number of hydrogen-bond donors (Lipinski definition) is 1. The van der Waals surface area contributed by atoms with Crippen molar-refractivity contribution in [3.63, 3.8) is 0 Å². The van der Waals surface area contributed by atoms with E-state index in [1.807, 2.05) is 4.93 Å². The van der Waals surface area contributed by atoms with Gasteiger partial charge >= 0.3 is 29.6 Å². The zero-order chi connectivity index (χ0) is 23.9. The number of benzene rings is 2. The van der Waals surface area contributed by atoms with Crippen molar-refractivity contribution in [2.45, 2.75) is 9.79 Å². The molecule has 2 aliphatic rings.